The highest BCUT2D eigenvalue weighted by Crippen LogP contribution is 2.31. The van der Waals surface area contributed by atoms with Crippen LogP contribution in [0, 0.1) is 0 Å². The molecule has 0 fully saturated rings. The normalized spacial score (nSPS) is 18.6. The van der Waals surface area contributed by atoms with Crippen LogP contribution in [0.15, 0.2) is 48.5 Å². The maximum absolute atomic E-state index is 10.9. The number of carboxylic acid groups (broad SMARTS) is 1. The number of carbonyl (C=O) groups is 1. The summed E-state index contributed by atoms with van der Waals surface area (Å²) in [7, 11) is 0. The Bertz CT molecular complexity index is 637. The molecule has 1 unspecified atom stereocenters. The predicted molar refractivity (Wildman–Crippen MR) is 88.2 cm³/mol. The second-order valence-electron chi connectivity index (χ2n) is 6.10. The minimum absolute atomic E-state index is 0.273. The Morgan fingerprint density at radius 2 is 1.36 bits per heavy atom. The van der Waals surface area contributed by atoms with Gasteiger partial charge in [0.1, 0.15) is 0 Å². The van der Waals surface area contributed by atoms with E-state index in [4.69, 9.17) is 5.11 Å². The molecular formula is C20H22O2. The molecule has 0 saturated carbocycles. The number of fused-ring (bicyclic) bond motifs is 2. The van der Waals surface area contributed by atoms with Gasteiger partial charge in [-0.2, -0.15) is 0 Å². The van der Waals surface area contributed by atoms with Crippen molar-refractivity contribution in [2.24, 2.45) is 0 Å². The zero-order chi connectivity index (χ0) is 15.4. The lowest BCUT2D eigenvalue weighted by Crippen LogP contribution is -2.17. The number of hydrogen-bond acceptors (Lipinski definition) is 1. The Hall–Kier alpha value is -2.09. The van der Waals surface area contributed by atoms with Gasteiger partial charge in [-0.15, -0.1) is 0 Å². The molecule has 0 aliphatic heterocycles. The molecule has 0 bridgehead atoms. The van der Waals surface area contributed by atoms with Gasteiger partial charge in [0.15, 0.2) is 0 Å². The third kappa shape index (κ3) is 3.22. The molecule has 2 aromatic carbocycles. The number of carboxylic acids is 1. The summed E-state index contributed by atoms with van der Waals surface area (Å²) in [4.78, 5) is 10.9. The molecule has 0 amide bonds. The maximum Gasteiger partial charge on any atom is 0.310 e. The first-order valence-corrected chi connectivity index (χ1v) is 8.13. The summed E-state index contributed by atoms with van der Waals surface area (Å²) in [6, 6.07) is 16.6. The van der Waals surface area contributed by atoms with Gasteiger partial charge in [0.05, 0.1) is 5.92 Å². The van der Waals surface area contributed by atoms with Crippen molar-refractivity contribution < 1.29 is 9.90 Å². The van der Waals surface area contributed by atoms with Gasteiger partial charge >= 0.3 is 5.97 Å². The molecule has 114 valence electrons. The number of aryl methyl sites for hydroxylation is 3. The third-order valence-electron chi connectivity index (χ3n) is 4.68. The van der Waals surface area contributed by atoms with E-state index in [-0.39, 0.29) is 5.92 Å². The molecule has 2 aliphatic rings. The Kier molecular flexibility index (Phi) is 4.57. The van der Waals surface area contributed by atoms with Crippen LogP contribution >= 0.6 is 0 Å². The topological polar surface area (TPSA) is 37.3 Å². The van der Waals surface area contributed by atoms with E-state index in [0.717, 1.165) is 24.8 Å². The highest BCUT2D eigenvalue weighted by Gasteiger charge is 2.25. The van der Waals surface area contributed by atoms with Crippen LogP contribution in [-0.4, -0.2) is 11.1 Å². The van der Waals surface area contributed by atoms with Crippen LogP contribution in [-0.2, 0) is 24.1 Å². The molecule has 2 heteroatoms. The van der Waals surface area contributed by atoms with E-state index in [1.807, 2.05) is 24.3 Å². The number of hydrogen-bond donors (Lipinski definition) is 1. The fourth-order valence-corrected chi connectivity index (χ4v) is 3.53. The Labute approximate surface area is 131 Å². The second kappa shape index (κ2) is 6.78. The van der Waals surface area contributed by atoms with Gasteiger partial charge in [-0.1, -0.05) is 48.5 Å². The number of benzene rings is 2. The van der Waals surface area contributed by atoms with Gasteiger partial charge in [0.2, 0.25) is 0 Å². The van der Waals surface area contributed by atoms with Crippen LogP contribution < -0.4 is 0 Å². The summed E-state index contributed by atoms with van der Waals surface area (Å²) in [5, 5.41) is 8.99. The van der Waals surface area contributed by atoms with Gasteiger partial charge in [-0.05, 0) is 60.8 Å². The average molecular weight is 294 g/mol. The molecule has 4 rings (SSSR count). The van der Waals surface area contributed by atoms with E-state index >= 15 is 0 Å². The number of rotatable bonds is 1. The number of aliphatic carboxylic acids is 1. The van der Waals surface area contributed by atoms with Crippen molar-refractivity contribution in [2.75, 3.05) is 0 Å². The first-order valence-electron chi connectivity index (χ1n) is 8.13. The summed E-state index contributed by atoms with van der Waals surface area (Å²) in [5.41, 5.74) is 5.36. The first kappa shape index (κ1) is 14.8. The highest BCUT2D eigenvalue weighted by atomic mass is 16.4. The molecular weight excluding hydrogens is 272 g/mol. The lowest BCUT2D eigenvalue weighted by molar-refractivity contribution is -0.139. The van der Waals surface area contributed by atoms with Crippen LogP contribution in [0.2, 0.25) is 0 Å². The standard InChI is InChI=1S/C11H12O2.C9H10/c12-11(13)10-7-3-5-8-4-1-2-6-9(8)10;1-2-5-9-7-3-6-8(9)4-1/h1-2,4,6,10H,3,5,7H2,(H,12,13);1-2,4-5H,3,6-7H2. The SMILES string of the molecule is O=C(O)C1CCCc2ccccc21.c1ccc2c(c1)CCC2. The van der Waals surface area contributed by atoms with Crippen molar-refractivity contribution in [3.05, 3.63) is 70.8 Å². The van der Waals surface area contributed by atoms with Gasteiger partial charge in [0.25, 0.3) is 0 Å². The van der Waals surface area contributed by atoms with Crippen molar-refractivity contribution in [1.29, 1.82) is 0 Å². The van der Waals surface area contributed by atoms with E-state index in [2.05, 4.69) is 24.3 Å². The quantitative estimate of drug-likeness (QED) is 0.848. The molecule has 0 saturated heterocycles. The van der Waals surface area contributed by atoms with Crippen molar-refractivity contribution in [3.63, 3.8) is 0 Å². The van der Waals surface area contributed by atoms with Crippen molar-refractivity contribution in [3.8, 4) is 0 Å². The fourth-order valence-electron chi connectivity index (χ4n) is 3.53. The minimum atomic E-state index is -0.688. The van der Waals surface area contributed by atoms with Crippen LogP contribution in [0.3, 0.4) is 0 Å². The van der Waals surface area contributed by atoms with Crippen LogP contribution in [0.25, 0.3) is 0 Å². The molecule has 1 N–H and O–H groups in total. The summed E-state index contributed by atoms with van der Waals surface area (Å²) < 4.78 is 0. The van der Waals surface area contributed by atoms with Crippen molar-refractivity contribution in [1.82, 2.24) is 0 Å². The Morgan fingerprint density at radius 1 is 0.818 bits per heavy atom. The minimum Gasteiger partial charge on any atom is -0.481 e. The monoisotopic (exact) mass is 294 g/mol. The molecule has 0 spiro atoms. The zero-order valence-corrected chi connectivity index (χ0v) is 12.8. The smallest absolute Gasteiger partial charge is 0.310 e. The van der Waals surface area contributed by atoms with E-state index in [9.17, 15) is 4.79 Å². The average Bonchev–Trinajstić information content (AvgIpc) is 3.03. The molecule has 2 aromatic rings. The molecule has 0 heterocycles. The lowest BCUT2D eigenvalue weighted by atomic mass is 9.83. The summed E-state index contributed by atoms with van der Waals surface area (Å²) in [6.45, 7) is 0. The van der Waals surface area contributed by atoms with Crippen molar-refractivity contribution in [2.45, 2.75) is 44.4 Å². The van der Waals surface area contributed by atoms with E-state index in [1.165, 1.54) is 24.8 Å². The Balaban J connectivity index is 0.000000139. The van der Waals surface area contributed by atoms with Crippen LogP contribution in [0.1, 0.15) is 47.4 Å². The van der Waals surface area contributed by atoms with Crippen molar-refractivity contribution >= 4 is 5.97 Å². The predicted octanol–water partition coefficient (Wildman–Crippen LogP) is 4.37. The van der Waals surface area contributed by atoms with Gasteiger partial charge in [-0.3, -0.25) is 4.79 Å². The van der Waals surface area contributed by atoms with E-state index in [1.54, 1.807) is 11.1 Å². The first-order chi connectivity index (χ1) is 10.8. The molecule has 0 radical (unpaired) electrons. The van der Waals surface area contributed by atoms with E-state index < -0.39 is 5.97 Å². The summed E-state index contributed by atoms with van der Waals surface area (Å²) in [5.74, 6) is -0.961. The molecule has 2 nitrogen and oxygen atoms in total. The maximum atomic E-state index is 10.9. The Morgan fingerprint density at radius 3 is 2.00 bits per heavy atom. The molecule has 2 aliphatic carbocycles. The summed E-state index contributed by atoms with van der Waals surface area (Å²) >= 11 is 0. The molecule has 22 heavy (non-hydrogen) atoms. The van der Waals surface area contributed by atoms with Crippen LogP contribution in [0.5, 0.6) is 0 Å². The largest absolute Gasteiger partial charge is 0.481 e. The van der Waals surface area contributed by atoms with Gasteiger partial charge in [0, 0.05) is 0 Å². The fraction of sp³-hybridized carbons (Fsp3) is 0.350. The zero-order valence-electron chi connectivity index (χ0n) is 12.8. The highest BCUT2D eigenvalue weighted by molar-refractivity contribution is 5.77. The second-order valence-corrected chi connectivity index (χ2v) is 6.10. The summed E-state index contributed by atoms with van der Waals surface area (Å²) in [6.07, 6.45) is 6.77. The van der Waals surface area contributed by atoms with Gasteiger partial charge in [-0.25, -0.2) is 0 Å². The third-order valence-corrected chi connectivity index (χ3v) is 4.68. The van der Waals surface area contributed by atoms with Crippen LogP contribution in [0.4, 0.5) is 0 Å². The van der Waals surface area contributed by atoms with Gasteiger partial charge < -0.3 is 5.11 Å². The lowest BCUT2D eigenvalue weighted by Gasteiger charge is -2.21. The van der Waals surface area contributed by atoms with E-state index in [0.29, 0.717) is 0 Å². The molecule has 0 aromatic heterocycles. The molecule has 1 atom stereocenters.